The van der Waals surface area contributed by atoms with Gasteiger partial charge in [0, 0.05) is 21.7 Å². The molecule has 0 aliphatic carbocycles. The van der Waals surface area contributed by atoms with Gasteiger partial charge in [-0.3, -0.25) is 0 Å². The van der Waals surface area contributed by atoms with Crippen LogP contribution in [0.2, 0.25) is 5.28 Å². The number of aromatic nitrogens is 2. The fraction of sp³-hybridized carbons (Fsp3) is 0. The fourth-order valence-corrected chi connectivity index (χ4v) is 2.57. The molecule has 0 bridgehead atoms. The summed E-state index contributed by atoms with van der Waals surface area (Å²) in [5.41, 5.74) is 2.87. The molecule has 2 heterocycles. The Kier molecular flexibility index (Phi) is 2.35. The van der Waals surface area contributed by atoms with E-state index in [2.05, 4.69) is 9.97 Å². The van der Waals surface area contributed by atoms with Gasteiger partial charge in [0.15, 0.2) is 0 Å². The molecule has 78 valence electrons. The number of hydrogen-bond donors (Lipinski definition) is 0. The Morgan fingerprint density at radius 2 is 1.81 bits per heavy atom. The highest BCUT2D eigenvalue weighted by Crippen LogP contribution is 2.29. The second kappa shape index (κ2) is 3.85. The monoisotopic (exact) mass is 246 g/mol. The minimum atomic E-state index is 0.296. The van der Waals surface area contributed by atoms with Crippen molar-refractivity contribution in [1.29, 1.82) is 0 Å². The molecule has 2 aromatic heterocycles. The molecule has 0 spiro atoms. The van der Waals surface area contributed by atoms with Crippen LogP contribution in [0.15, 0.2) is 41.1 Å². The average molecular weight is 247 g/mol. The second-order valence-electron chi connectivity index (χ2n) is 3.38. The van der Waals surface area contributed by atoms with E-state index in [0.29, 0.717) is 5.28 Å². The maximum absolute atomic E-state index is 5.91. The smallest absolute Gasteiger partial charge is 0.217 e. The van der Waals surface area contributed by atoms with Crippen LogP contribution in [0.3, 0.4) is 0 Å². The lowest BCUT2D eigenvalue weighted by Crippen LogP contribution is -1.88. The van der Waals surface area contributed by atoms with Gasteiger partial charge in [0.25, 0.3) is 0 Å². The van der Waals surface area contributed by atoms with E-state index < -0.39 is 0 Å². The van der Waals surface area contributed by atoms with Crippen molar-refractivity contribution in [1.82, 2.24) is 9.97 Å². The van der Waals surface area contributed by atoms with E-state index in [1.54, 1.807) is 11.3 Å². The molecule has 2 nitrogen and oxygen atoms in total. The third kappa shape index (κ3) is 1.58. The summed E-state index contributed by atoms with van der Waals surface area (Å²) in [7, 11) is 0. The molecular formula is C12H7ClN2S. The Hall–Kier alpha value is -1.45. The molecule has 4 heteroatoms. The molecule has 0 saturated carbocycles. The summed E-state index contributed by atoms with van der Waals surface area (Å²) < 4.78 is 0. The minimum Gasteiger partial charge on any atom is -0.217 e. The van der Waals surface area contributed by atoms with Gasteiger partial charge >= 0.3 is 0 Å². The van der Waals surface area contributed by atoms with Gasteiger partial charge in [-0.1, -0.05) is 30.3 Å². The molecule has 0 fully saturated rings. The molecule has 0 radical (unpaired) electrons. The topological polar surface area (TPSA) is 25.8 Å². The van der Waals surface area contributed by atoms with Crippen molar-refractivity contribution in [2.45, 2.75) is 0 Å². The van der Waals surface area contributed by atoms with Crippen LogP contribution < -0.4 is 0 Å². The van der Waals surface area contributed by atoms with Gasteiger partial charge < -0.3 is 0 Å². The van der Waals surface area contributed by atoms with E-state index in [9.17, 15) is 0 Å². The lowest BCUT2D eigenvalue weighted by Gasteiger charge is -2.02. The Balaban J connectivity index is 2.34. The maximum Gasteiger partial charge on any atom is 0.223 e. The number of halogens is 1. The van der Waals surface area contributed by atoms with E-state index in [1.807, 2.05) is 41.1 Å². The van der Waals surface area contributed by atoms with Crippen molar-refractivity contribution in [3.63, 3.8) is 0 Å². The zero-order valence-electron chi connectivity index (χ0n) is 8.22. The third-order valence-electron chi connectivity index (χ3n) is 2.36. The first kappa shape index (κ1) is 9.75. The lowest BCUT2D eigenvalue weighted by atomic mass is 10.1. The molecule has 0 unspecified atom stereocenters. The number of fused-ring (bicyclic) bond motifs is 1. The molecule has 0 saturated heterocycles. The van der Waals surface area contributed by atoms with Crippen LogP contribution in [0.1, 0.15) is 0 Å². The van der Waals surface area contributed by atoms with Gasteiger partial charge in [-0.05, 0) is 11.6 Å². The number of benzene rings is 1. The first-order chi connectivity index (χ1) is 7.84. The predicted octanol–water partition coefficient (Wildman–Crippen LogP) is 4.01. The highest BCUT2D eigenvalue weighted by atomic mass is 35.5. The van der Waals surface area contributed by atoms with E-state index in [-0.39, 0.29) is 0 Å². The van der Waals surface area contributed by atoms with E-state index in [1.165, 1.54) is 0 Å². The normalized spacial score (nSPS) is 10.8. The number of hydrogen-bond acceptors (Lipinski definition) is 3. The summed E-state index contributed by atoms with van der Waals surface area (Å²) in [4.78, 5) is 8.49. The molecule has 3 aromatic rings. The van der Waals surface area contributed by atoms with E-state index >= 15 is 0 Å². The Morgan fingerprint density at radius 1 is 1.00 bits per heavy atom. The minimum absolute atomic E-state index is 0.296. The van der Waals surface area contributed by atoms with Crippen LogP contribution >= 0.6 is 22.9 Å². The van der Waals surface area contributed by atoms with Gasteiger partial charge in [-0.2, -0.15) is 0 Å². The summed E-state index contributed by atoms with van der Waals surface area (Å²) in [5.74, 6) is 0. The van der Waals surface area contributed by atoms with Crippen molar-refractivity contribution in [3.8, 4) is 11.3 Å². The predicted molar refractivity (Wildman–Crippen MR) is 67.9 cm³/mol. The Bertz CT molecular complexity index is 634. The van der Waals surface area contributed by atoms with Gasteiger partial charge in [-0.25, -0.2) is 9.97 Å². The largest absolute Gasteiger partial charge is 0.223 e. The van der Waals surface area contributed by atoms with Crippen LogP contribution in [0, 0.1) is 0 Å². The van der Waals surface area contributed by atoms with Crippen molar-refractivity contribution in [3.05, 3.63) is 46.4 Å². The van der Waals surface area contributed by atoms with Gasteiger partial charge in [-0.15, -0.1) is 11.3 Å². The third-order valence-corrected chi connectivity index (χ3v) is 3.26. The molecule has 0 aliphatic rings. The average Bonchev–Trinajstić information content (AvgIpc) is 2.77. The van der Waals surface area contributed by atoms with Crippen molar-refractivity contribution >= 4 is 33.8 Å². The van der Waals surface area contributed by atoms with E-state index in [4.69, 9.17) is 11.6 Å². The first-order valence-corrected chi connectivity index (χ1v) is 6.11. The van der Waals surface area contributed by atoms with Crippen molar-refractivity contribution in [2.24, 2.45) is 0 Å². The number of nitrogens with zero attached hydrogens (tertiary/aromatic N) is 2. The number of thiophene rings is 1. The Labute approximate surface area is 102 Å². The SMILES string of the molecule is Clc1nc(-c2ccccc2)c2cscc2n1. The number of rotatable bonds is 1. The molecule has 1 aromatic carbocycles. The summed E-state index contributed by atoms with van der Waals surface area (Å²) in [6.07, 6.45) is 0. The molecular weight excluding hydrogens is 240 g/mol. The van der Waals surface area contributed by atoms with Gasteiger partial charge in [0.2, 0.25) is 5.28 Å². The second-order valence-corrected chi connectivity index (χ2v) is 4.46. The van der Waals surface area contributed by atoms with Crippen LogP contribution in [0.5, 0.6) is 0 Å². The standard InChI is InChI=1S/C12H7ClN2S/c13-12-14-10-7-16-6-9(10)11(15-12)8-4-2-1-3-5-8/h1-7H. The molecule has 0 atom stereocenters. The van der Waals surface area contributed by atoms with E-state index in [0.717, 1.165) is 22.2 Å². The zero-order chi connectivity index (χ0) is 11.0. The molecule has 3 rings (SSSR count). The Morgan fingerprint density at radius 3 is 2.62 bits per heavy atom. The molecule has 16 heavy (non-hydrogen) atoms. The molecule has 0 aliphatic heterocycles. The van der Waals surface area contributed by atoms with Crippen LogP contribution in [0.4, 0.5) is 0 Å². The molecule has 0 amide bonds. The van der Waals surface area contributed by atoms with Crippen LogP contribution in [-0.4, -0.2) is 9.97 Å². The van der Waals surface area contributed by atoms with Gasteiger partial charge in [0.05, 0.1) is 11.2 Å². The van der Waals surface area contributed by atoms with Crippen molar-refractivity contribution < 1.29 is 0 Å². The quantitative estimate of drug-likeness (QED) is 0.607. The summed E-state index contributed by atoms with van der Waals surface area (Å²) in [5, 5.41) is 5.38. The van der Waals surface area contributed by atoms with Crippen LogP contribution in [-0.2, 0) is 0 Å². The lowest BCUT2D eigenvalue weighted by molar-refractivity contribution is 1.23. The fourth-order valence-electron chi connectivity index (χ4n) is 1.65. The molecule has 0 N–H and O–H groups in total. The van der Waals surface area contributed by atoms with Crippen molar-refractivity contribution in [2.75, 3.05) is 0 Å². The van der Waals surface area contributed by atoms with Crippen LogP contribution in [0.25, 0.3) is 22.2 Å². The zero-order valence-corrected chi connectivity index (χ0v) is 9.79. The van der Waals surface area contributed by atoms with Gasteiger partial charge in [0.1, 0.15) is 0 Å². The maximum atomic E-state index is 5.91. The summed E-state index contributed by atoms with van der Waals surface area (Å²) in [6.45, 7) is 0. The summed E-state index contributed by atoms with van der Waals surface area (Å²) in [6, 6.07) is 10.0. The summed E-state index contributed by atoms with van der Waals surface area (Å²) >= 11 is 7.52. The first-order valence-electron chi connectivity index (χ1n) is 4.79. The highest BCUT2D eigenvalue weighted by Gasteiger charge is 2.08. The highest BCUT2D eigenvalue weighted by molar-refractivity contribution is 7.09.